The molecule has 0 saturated carbocycles. The number of carboxylic acid groups (broad SMARTS) is 1. The fraction of sp³-hybridized carbons (Fsp3) is 0.105. The lowest BCUT2D eigenvalue weighted by molar-refractivity contribution is -0.131. The maximum atomic E-state index is 13.8. The van der Waals surface area contributed by atoms with E-state index in [0.29, 0.717) is 33.5 Å². The van der Waals surface area contributed by atoms with E-state index in [0.717, 1.165) is 6.08 Å². The number of aromatic hydroxyl groups is 1. The third-order valence-corrected chi connectivity index (χ3v) is 3.75. The number of furan rings is 1. The van der Waals surface area contributed by atoms with E-state index in [4.69, 9.17) is 9.52 Å². The monoisotopic (exact) mass is 341 g/mol. The highest BCUT2D eigenvalue weighted by molar-refractivity contribution is 5.91. The summed E-state index contributed by atoms with van der Waals surface area (Å²) in [5.74, 6) is -1.03. The van der Waals surface area contributed by atoms with Crippen LogP contribution in [0.15, 0.2) is 46.9 Å². The number of phenolic OH excluding ortho intramolecular Hbond substituents is 1. The van der Waals surface area contributed by atoms with Gasteiger partial charge in [0, 0.05) is 31.1 Å². The van der Waals surface area contributed by atoms with Crippen LogP contribution in [0, 0.1) is 5.82 Å². The number of phenols is 1. The highest BCUT2D eigenvalue weighted by atomic mass is 19.1. The van der Waals surface area contributed by atoms with Crippen molar-refractivity contribution in [1.82, 2.24) is 0 Å². The molecule has 0 amide bonds. The van der Waals surface area contributed by atoms with E-state index in [1.807, 2.05) is 0 Å². The molecule has 0 unspecified atom stereocenters. The number of hydrogen-bond acceptors (Lipinski definition) is 4. The Kier molecular flexibility index (Phi) is 4.19. The smallest absolute Gasteiger partial charge is 0.328 e. The molecule has 5 nitrogen and oxygen atoms in total. The van der Waals surface area contributed by atoms with Gasteiger partial charge in [0.25, 0.3) is 0 Å². The third-order valence-electron chi connectivity index (χ3n) is 3.75. The maximum absolute atomic E-state index is 13.8. The zero-order valence-electron chi connectivity index (χ0n) is 13.7. The molecule has 0 saturated heterocycles. The van der Waals surface area contributed by atoms with Crippen LogP contribution in [0.3, 0.4) is 0 Å². The van der Waals surface area contributed by atoms with E-state index >= 15 is 0 Å². The van der Waals surface area contributed by atoms with E-state index in [2.05, 4.69) is 0 Å². The SMILES string of the molecule is CN(C)c1cc(-c2cc3cc(/C=C/C(=O)O)cc(O)c3o2)ccc1F. The summed E-state index contributed by atoms with van der Waals surface area (Å²) >= 11 is 0. The lowest BCUT2D eigenvalue weighted by Crippen LogP contribution is -2.10. The Hall–Kier alpha value is -3.28. The Morgan fingerprint density at radius 2 is 1.96 bits per heavy atom. The Bertz CT molecular complexity index is 988. The third kappa shape index (κ3) is 3.33. The summed E-state index contributed by atoms with van der Waals surface area (Å²) in [6.07, 6.45) is 2.38. The second-order valence-corrected chi connectivity index (χ2v) is 5.80. The number of nitrogens with zero attached hydrogens (tertiary/aromatic N) is 1. The van der Waals surface area contributed by atoms with Crippen LogP contribution in [-0.2, 0) is 4.79 Å². The molecule has 3 rings (SSSR count). The minimum Gasteiger partial charge on any atom is -0.504 e. The molecule has 3 aromatic rings. The molecule has 0 aliphatic heterocycles. The lowest BCUT2D eigenvalue weighted by Gasteiger charge is -2.14. The largest absolute Gasteiger partial charge is 0.504 e. The molecule has 0 aliphatic carbocycles. The van der Waals surface area contributed by atoms with Gasteiger partial charge in [-0.25, -0.2) is 9.18 Å². The van der Waals surface area contributed by atoms with Gasteiger partial charge < -0.3 is 19.5 Å². The van der Waals surface area contributed by atoms with Crippen LogP contribution in [0.1, 0.15) is 5.56 Å². The first kappa shape index (κ1) is 16.6. The van der Waals surface area contributed by atoms with Gasteiger partial charge in [-0.15, -0.1) is 0 Å². The highest BCUT2D eigenvalue weighted by Crippen LogP contribution is 2.35. The quantitative estimate of drug-likeness (QED) is 0.699. The second-order valence-electron chi connectivity index (χ2n) is 5.80. The summed E-state index contributed by atoms with van der Waals surface area (Å²) in [7, 11) is 3.49. The molecule has 1 aromatic heterocycles. The van der Waals surface area contributed by atoms with E-state index in [1.165, 1.54) is 18.2 Å². The summed E-state index contributed by atoms with van der Waals surface area (Å²) in [4.78, 5) is 12.3. The second kappa shape index (κ2) is 6.32. The predicted octanol–water partition coefficient (Wildman–Crippen LogP) is 4.11. The first-order valence-electron chi connectivity index (χ1n) is 7.50. The molecular weight excluding hydrogens is 325 g/mol. The van der Waals surface area contributed by atoms with Crippen molar-refractivity contribution in [2.24, 2.45) is 0 Å². The van der Waals surface area contributed by atoms with Gasteiger partial charge in [0.05, 0.1) is 5.69 Å². The zero-order valence-corrected chi connectivity index (χ0v) is 13.7. The van der Waals surface area contributed by atoms with Crippen LogP contribution in [0.2, 0.25) is 0 Å². The van der Waals surface area contributed by atoms with Gasteiger partial charge in [-0.2, -0.15) is 0 Å². The van der Waals surface area contributed by atoms with E-state index in [9.17, 15) is 14.3 Å². The standard InChI is InChI=1S/C19H16FNO4/c1-21(2)15-9-12(4-5-14(15)20)17-10-13-7-11(3-6-18(23)24)8-16(22)19(13)25-17/h3-10,22H,1-2H3,(H,23,24)/b6-3+. The fourth-order valence-corrected chi connectivity index (χ4v) is 2.57. The number of benzene rings is 2. The van der Waals surface area contributed by atoms with E-state index < -0.39 is 5.97 Å². The van der Waals surface area contributed by atoms with Crippen molar-refractivity contribution in [2.75, 3.05) is 19.0 Å². The Labute approximate surface area is 143 Å². The number of halogens is 1. The molecule has 0 fully saturated rings. The van der Waals surface area contributed by atoms with Crippen molar-refractivity contribution in [1.29, 1.82) is 0 Å². The molecule has 128 valence electrons. The number of fused-ring (bicyclic) bond motifs is 1. The van der Waals surface area contributed by atoms with Gasteiger partial charge >= 0.3 is 5.97 Å². The average Bonchev–Trinajstić information content (AvgIpc) is 2.97. The number of carbonyl (C=O) groups is 1. The summed E-state index contributed by atoms with van der Waals surface area (Å²) < 4.78 is 19.5. The molecule has 1 heterocycles. The van der Waals surface area contributed by atoms with Crippen molar-refractivity contribution < 1.29 is 23.8 Å². The number of anilines is 1. The molecule has 0 radical (unpaired) electrons. The first-order valence-corrected chi connectivity index (χ1v) is 7.50. The molecular formula is C19H16FNO4. The molecule has 0 atom stereocenters. The van der Waals surface area contributed by atoms with Crippen LogP contribution in [0.25, 0.3) is 28.4 Å². The zero-order chi connectivity index (χ0) is 18.1. The number of rotatable bonds is 4. The van der Waals surface area contributed by atoms with Crippen molar-refractivity contribution >= 4 is 28.7 Å². The van der Waals surface area contributed by atoms with Gasteiger partial charge in [0.1, 0.15) is 11.6 Å². The summed E-state index contributed by atoms with van der Waals surface area (Å²) in [5.41, 5.74) is 1.92. The summed E-state index contributed by atoms with van der Waals surface area (Å²) in [6, 6.07) is 9.47. The first-order chi connectivity index (χ1) is 11.8. The maximum Gasteiger partial charge on any atom is 0.328 e. The van der Waals surface area contributed by atoms with Crippen molar-refractivity contribution in [3.8, 4) is 17.1 Å². The van der Waals surface area contributed by atoms with Crippen molar-refractivity contribution in [2.45, 2.75) is 0 Å². The van der Waals surface area contributed by atoms with Crippen LogP contribution in [-0.4, -0.2) is 30.3 Å². The fourth-order valence-electron chi connectivity index (χ4n) is 2.57. The average molecular weight is 341 g/mol. The minimum absolute atomic E-state index is 0.0938. The molecule has 6 heteroatoms. The normalized spacial score (nSPS) is 11.3. The Morgan fingerprint density at radius 3 is 2.64 bits per heavy atom. The van der Waals surface area contributed by atoms with Crippen LogP contribution >= 0.6 is 0 Å². The molecule has 2 aromatic carbocycles. The van der Waals surface area contributed by atoms with E-state index in [1.54, 1.807) is 43.3 Å². The number of carboxylic acids is 1. The van der Waals surface area contributed by atoms with Gasteiger partial charge in [0.15, 0.2) is 11.3 Å². The topological polar surface area (TPSA) is 73.9 Å². The molecule has 0 bridgehead atoms. The molecule has 0 spiro atoms. The predicted molar refractivity (Wildman–Crippen MR) is 94.3 cm³/mol. The lowest BCUT2D eigenvalue weighted by atomic mass is 10.1. The minimum atomic E-state index is -1.07. The van der Waals surface area contributed by atoms with Crippen LogP contribution in [0.5, 0.6) is 5.75 Å². The summed E-state index contributed by atoms with van der Waals surface area (Å²) in [6.45, 7) is 0. The van der Waals surface area contributed by atoms with E-state index in [-0.39, 0.29) is 11.6 Å². The Balaban J connectivity index is 2.08. The Morgan fingerprint density at radius 1 is 1.20 bits per heavy atom. The number of aliphatic carboxylic acids is 1. The molecule has 2 N–H and O–H groups in total. The molecule has 0 aliphatic rings. The van der Waals surface area contributed by atoms with Crippen molar-refractivity contribution in [3.63, 3.8) is 0 Å². The van der Waals surface area contributed by atoms with Gasteiger partial charge in [-0.1, -0.05) is 0 Å². The van der Waals surface area contributed by atoms with Gasteiger partial charge in [-0.05, 0) is 48.0 Å². The van der Waals surface area contributed by atoms with Crippen LogP contribution in [0.4, 0.5) is 10.1 Å². The van der Waals surface area contributed by atoms with Gasteiger partial charge in [0.2, 0.25) is 0 Å². The van der Waals surface area contributed by atoms with Gasteiger partial charge in [-0.3, -0.25) is 0 Å². The van der Waals surface area contributed by atoms with Crippen LogP contribution < -0.4 is 4.90 Å². The number of hydrogen-bond donors (Lipinski definition) is 2. The summed E-state index contributed by atoms with van der Waals surface area (Å²) in [5, 5.41) is 19.4. The highest BCUT2D eigenvalue weighted by Gasteiger charge is 2.13. The molecule has 25 heavy (non-hydrogen) atoms. The van der Waals surface area contributed by atoms with Crippen molar-refractivity contribution in [3.05, 3.63) is 53.9 Å².